The van der Waals surface area contributed by atoms with Crippen LogP contribution in [0.1, 0.15) is 23.6 Å². The van der Waals surface area contributed by atoms with E-state index in [0.717, 1.165) is 0 Å². The Labute approximate surface area is 98.9 Å². The van der Waals surface area contributed by atoms with E-state index in [1.54, 1.807) is 6.92 Å². The van der Waals surface area contributed by atoms with Gasteiger partial charge in [0, 0.05) is 5.56 Å². The summed E-state index contributed by atoms with van der Waals surface area (Å²) in [5.41, 5.74) is 0.888. The van der Waals surface area contributed by atoms with E-state index in [1.165, 1.54) is 12.1 Å². The standard InChI is InChI=1S/C12H13NO4/c1-2-17-12(16)5-9-3-8(6-13)4-11(15)10(9)7-14/h3-4,14-15H,2,5,7H2,1H3. The number of aliphatic hydroxyl groups excluding tert-OH is 1. The monoisotopic (exact) mass is 235 g/mol. The lowest BCUT2D eigenvalue weighted by Crippen LogP contribution is -2.09. The fourth-order valence-corrected chi connectivity index (χ4v) is 1.49. The van der Waals surface area contributed by atoms with Crippen molar-refractivity contribution in [1.29, 1.82) is 5.26 Å². The number of phenols is 1. The molecule has 1 aromatic carbocycles. The molecule has 0 aromatic heterocycles. The normalized spacial score (nSPS) is 9.71. The van der Waals surface area contributed by atoms with E-state index in [9.17, 15) is 9.90 Å². The number of ether oxygens (including phenoxy) is 1. The highest BCUT2D eigenvalue weighted by Crippen LogP contribution is 2.24. The Kier molecular flexibility index (Phi) is 4.49. The van der Waals surface area contributed by atoms with Crippen LogP contribution in [0.4, 0.5) is 0 Å². The van der Waals surface area contributed by atoms with Gasteiger partial charge in [-0.2, -0.15) is 5.26 Å². The van der Waals surface area contributed by atoms with Crippen LogP contribution in [0.25, 0.3) is 0 Å². The van der Waals surface area contributed by atoms with Crippen LogP contribution < -0.4 is 0 Å². The number of hydrogen-bond acceptors (Lipinski definition) is 5. The van der Waals surface area contributed by atoms with Gasteiger partial charge in [0.25, 0.3) is 0 Å². The number of carbonyl (C=O) groups is 1. The topological polar surface area (TPSA) is 90.6 Å². The summed E-state index contributed by atoms with van der Waals surface area (Å²) >= 11 is 0. The first-order valence-electron chi connectivity index (χ1n) is 5.13. The summed E-state index contributed by atoms with van der Waals surface area (Å²) in [5, 5.41) is 27.4. The van der Waals surface area contributed by atoms with Gasteiger partial charge in [-0.15, -0.1) is 0 Å². The van der Waals surface area contributed by atoms with Crippen LogP contribution >= 0.6 is 0 Å². The zero-order valence-electron chi connectivity index (χ0n) is 9.43. The van der Waals surface area contributed by atoms with Crippen molar-refractivity contribution in [3.05, 3.63) is 28.8 Å². The molecular weight excluding hydrogens is 222 g/mol. The van der Waals surface area contributed by atoms with Crippen LogP contribution in [0.3, 0.4) is 0 Å². The summed E-state index contributed by atoms with van der Waals surface area (Å²) in [6, 6.07) is 4.58. The first kappa shape index (κ1) is 13.0. The lowest BCUT2D eigenvalue weighted by Gasteiger charge is -2.09. The summed E-state index contributed by atoms with van der Waals surface area (Å²) in [4.78, 5) is 11.3. The van der Waals surface area contributed by atoms with Gasteiger partial charge in [0.1, 0.15) is 5.75 Å². The second kappa shape index (κ2) is 5.87. The van der Waals surface area contributed by atoms with E-state index < -0.39 is 12.6 Å². The smallest absolute Gasteiger partial charge is 0.310 e. The molecule has 0 unspecified atom stereocenters. The van der Waals surface area contributed by atoms with E-state index in [0.29, 0.717) is 5.56 Å². The Balaban J connectivity index is 3.08. The van der Waals surface area contributed by atoms with Crippen molar-refractivity contribution in [2.75, 3.05) is 6.61 Å². The number of benzene rings is 1. The molecule has 2 N–H and O–H groups in total. The van der Waals surface area contributed by atoms with Crippen molar-refractivity contribution in [3.63, 3.8) is 0 Å². The third-order valence-corrected chi connectivity index (χ3v) is 2.25. The van der Waals surface area contributed by atoms with Crippen LogP contribution in [0.2, 0.25) is 0 Å². The number of nitrogens with zero attached hydrogens (tertiary/aromatic N) is 1. The molecule has 0 aliphatic carbocycles. The predicted molar refractivity (Wildman–Crippen MR) is 59.1 cm³/mol. The molecule has 0 aliphatic rings. The van der Waals surface area contributed by atoms with Crippen molar-refractivity contribution in [2.24, 2.45) is 0 Å². The van der Waals surface area contributed by atoms with E-state index in [4.69, 9.17) is 15.1 Å². The largest absolute Gasteiger partial charge is 0.508 e. The maximum absolute atomic E-state index is 11.3. The molecule has 0 fully saturated rings. The van der Waals surface area contributed by atoms with Crippen LogP contribution in [-0.4, -0.2) is 22.8 Å². The molecule has 0 saturated carbocycles. The molecule has 0 saturated heterocycles. The van der Waals surface area contributed by atoms with Crippen LogP contribution in [0, 0.1) is 11.3 Å². The molecule has 0 aliphatic heterocycles. The zero-order valence-corrected chi connectivity index (χ0v) is 9.43. The van der Waals surface area contributed by atoms with Crippen LogP contribution in [0.15, 0.2) is 12.1 Å². The molecule has 1 rings (SSSR count). The third-order valence-electron chi connectivity index (χ3n) is 2.25. The Morgan fingerprint density at radius 2 is 2.24 bits per heavy atom. The molecule has 0 heterocycles. The molecular formula is C12H13NO4. The Morgan fingerprint density at radius 3 is 2.76 bits per heavy atom. The predicted octanol–water partition coefficient (Wildman–Crippen LogP) is 0.862. The summed E-state index contributed by atoms with van der Waals surface area (Å²) in [5.74, 6) is -0.650. The minimum Gasteiger partial charge on any atom is -0.508 e. The number of aliphatic hydroxyl groups is 1. The molecule has 0 bridgehead atoms. The SMILES string of the molecule is CCOC(=O)Cc1cc(C#N)cc(O)c1CO. The molecule has 1 aromatic rings. The van der Waals surface area contributed by atoms with E-state index in [-0.39, 0.29) is 29.9 Å². The minimum atomic E-state index is -0.461. The van der Waals surface area contributed by atoms with Gasteiger partial charge in [-0.3, -0.25) is 4.79 Å². The van der Waals surface area contributed by atoms with Crippen LogP contribution in [0.5, 0.6) is 5.75 Å². The molecule has 17 heavy (non-hydrogen) atoms. The average Bonchev–Trinajstić information content (AvgIpc) is 2.28. The fraction of sp³-hybridized carbons (Fsp3) is 0.333. The highest BCUT2D eigenvalue weighted by atomic mass is 16.5. The second-order valence-electron chi connectivity index (χ2n) is 3.38. The number of rotatable bonds is 4. The van der Waals surface area contributed by atoms with Gasteiger partial charge in [-0.1, -0.05) is 0 Å². The summed E-state index contributed by atoms with van der Waals surface area (Å²) in [7, 11) is 0. The molecule has 0 amide bonds. The second-order valence-corrected chi connectivity index (χ2v) is 3.38. The number of nitriles is 1. The number of carbonyl (C=O) groups excluding carboxylic acids is 1. The van der Waals surface area contributed by atoms with Gasteiger partial charge in [0.2, 0.25) is 0 Å². The molecule has 90 valence electrons. The Hall–Kier alpha value is -2.06. The van der Waals surface area contributed by atoms with Gasteiger partial charge < -0.3 is 14.9 Å². The highest BCUT2D eigenvalue weighted by Gasteiger charge is 2.13. The molecule has 0 atom stereocenters. The first-order chi connectivity index (χ1) is 8.12. The average molecular weight is 235 g/mol. The fourth-order valence-electron chi connectivity index (χ4n) is 1.49. The third kappa shape index (κ3) is 3.20. The summed E-state index contributed by atoms with van der Waals surface area (Å²) < 4.78 is 4.77. The summed E-state index contributed by atoms with van der Waals surface area (Å²) in [6.45, 7) is 1.55. The minimum absolute atomic E-state index is 0.0766. The lowest BCUT2D eigenvalue weighted by atomic mass is 10.0. The highest BCUT2D eigenvalue weighted by molar-refractivity contribution is 5.73. The van der Waals surface area contributed by atoms with E-state index in [1.807, 2.05) is 6.07 Å². The zero-order chi connectivity index (χ0) is 12.8. The van der Waals surface area contributed by atoms with Crippen LogP contribution in [-0.2, 0) is 22.6 Å². The Morgan fingerprint density at radius 1 is 1.53 bits per heavy atom. The van der Waals surface area contributed by atoms with Crippen molar-refractivity contribution < 1.29 is 19.7 Å². The van der Waals surface area contributed by atoms with E-state index >= 15 is 0 Å². The maximum Gasteiger partial charge on any atom is 0.310 e. The number of aromatic hydroxyl groups is 1. The quantitative estimate of drug-likeness (QED) is 0.755. The molecule has 0 spiro atoms. The van der Waals surface area contributed by atoms with Crippen molar-refractivity contribution in [1.82, 2.24) is 0 Å². The molecule has 0 radical (unpaired) electrons. The molecule has 5 nitrogen and oxygen atoms in total. The lowest BCUT2D eigenvalue weighted by molar-refractivity contribution is -0.142. The van der Waals surface area contributed by atoms with Gasteiger partial charge in [0.05, 0.1) is 31.3 Å². The van der Waals surface area contributed by atoms with Crippen molar-refractivity contribution >= 4 is 5.97 Å². The first-order valence-corrected chi connectivity index (χ1v) is 5.13. The number of hydrogen-bond donors (Lipinski definition) is 2. The van der Waals surface area contributed by atoms with Crippen molar-refractivity contribution in [2.45, 2.75) is 20.0 Å². The van der Waals surface area contributed by atoms with Gasteiger partial charge in [-0.05, 0) is 24.6 Å². The molecule has 5 heteroatoms. The van der Waals surface area contributed by atoms with Gasteiger partial charge >= 0.3 is 5.97 Å². The Bertz CT molecular complexity index is 462. The van der Waals surface area contributed by atoms with Crippen molar-refractivity contribution in [3.8, 4) is 11.8 Å². The maximum atomic E-state index is 11.3. The summed E-state index contributed by atoms with van der Waals surface area (Å²) in [6.07, 6.45) is -0.0766. The van der Waals surface area contributed by atoms with Gasteiger partial charge in [0.15, 0.2) is 0 Å². The van der Waals surface area contributed by atoms with E-state index in [2.05, 4.69) is 0 Å². The number of esters is 1. The van der Waals surface area contributed by atoms with Gasteiger partial charge in [-0.25, -0.2) is 0 Å².